The van der Waals surface area contributed by atoms with Crippen LogP contribution in [0, 0.1) is 40.4 Å². The molecule has 26 heavy (non-hydrogen) atoms. The van der Waals surface area contributed by atoms with Crippen molar-refractivity contribution in [3.05, 3.63) is 12.2 Å². The summed E-state index contributed by atoms with van der Waals surface area (Å²) >= 11 is 0. The molecule has 1 saturated heterocycles. The van der Waals surface area contributed by atoms with E-state index >= 15 is 0 Å². The van der Waals surface area contributed by atoms with Crippen molar-refractivity contribution in [2.24, 2.45) is 40.4 Å². The smallest absolute Gasteiger partial charge is 0.172 e. The van der Waals surface area contributed by atoms with Gasteiger partial charge in [-0.1, -0.05) is 26.0 Å². The van der Waals surface area contributed by atoms with Crippen LogP contribution in [0.1, 0.15) is 65.2 Å². The van der Waals surface area contributed by atoms with Crippen LogP contribution in [0.4, 0.5) is 0 Å². The Morgan fingerprint density at radius 3 is 2.54 bits per heavy atom. The molecule has 0 bridgehead atoms. The van der Waals surface area contributed by atoms with Gasteiger partial charge in [-0.3, -0.25) is 0 Å². The van der Waals surface area contributed by atoms with Gasteiger partial charge in [0.1, 0.15) is 6.29 Å². The van der Waals surface area contributed by atoms with Gasteiger partial charge in [0, 0.05) is 18.8 Å². The highest BCUT2D eigenvalue weighted by Gasteiger charge is 2.63. The maximum Gasteiger partial charge on any atom is 0.172 e. The third kappa shape index (κ3) is 2.16. The summed E-state index contributed by atoms with van der Waals surface area (Å²) in [5.74, 6) is 2.51. The lowest BCUT2D eigenvalue weighted by atomic mass is 9.43. The van der Waals surface area contributed by atoms with Gasteiger partial charge in [-0.05, 0) is 73.0 Å². The van der Waals surface area contributed by atoms with Gasteiger partial charge in [-0.2, -0.15) is 0 Å². The fraction of sp³-hybridized carbons (Fsp3) is 0.870. The maximum atomic E-state index is 11.8. The zero-order valence-electron chi connectivity index (χ0n) is 16.5. The Morgan fingerprint density at radius 1 is 1.08 bits per heavy atom. The number of fused-ring (bicyclic) bond motifs is 5. The molecule has 144 valence electrons. The van der Waals surface area contributed by atoms with E-state index in [2.05, 4.69) is 20.4 Å². The summed E-state index contributed by atoms with van der Waals surface area (Å²) in [6.45, 7) is 11.0. The van der Waals surface area contributed by atoms with Crippen LogP contribution >= 0.6 is 0 Å². The van der Waals surface area contributed by atoms with Crippen LogP contribution < -0.4 is 0 Å². The van der Waals surface area contributed by atoms with Gasteiger partial charge in [0.05, 0.1) is 13.2 Å². The molecular weight excluding hydrogens is 324 g/mol. The van der Waals surface area contributed by atoms with Crippen molar-refractivity contribution in [3.8, 4) is 0 Å². The predicted molar refractivity (Wildman–Crippen MR) is 100 cm³/mol. The van der Waals surface area contributed by atoms with Gasteiger partial charge in [0.25, 0.3) is 0 Å². The largest absolute Gasteiger partial charge is 0.347 e. The number of carbonyl (C=O) groups excluding carboxylic acids is 1. The quantitative estimate of drug-likeness (QED) is 0.501. The highest BCUT2D eigenvalue weighted by Crippen LogP contribution is 2.69. The van der Waals surface area contributed by atoms with E-state index in [4.69, 9.17) is 9.47 Å². The molecule has 5 rings (SSSR count). The monoisotopic (exact) mass is 358 g/mol. The molecule has 4 aliphatic carbocycles. The average Bonchev–Trinajstić information content (AvgIpc) is 3.20. The number of ether oxygens (including phenoxy) is 2. The maximum absolute atomic E-state index is 11.8. The lowest BCUT2D eigenvalue weighted by Crippen LogP contribution is -2.57. The van der Waals surface area contributed by atoms with Crippen LogP contribution in [0.2, 0.25) is 0 Å². The van der Waals surface area contributed by atoms with Crippen molar-refractivity contribution < 1.29 is 14.3 Å². The SMILES string of the molecule is C=C1CC2(C[C@@H]3CC[C@H]4[C@@H]5[C@@H](C=O)CC[C@@]5(C)CC[C@@H]4[C@@]13C)OCCO2. The molecule has 3 nitrogen and oxygen atoms in total. The van der Waals surface area contributed by atoms with Crippen LogP contribution in [0.5, 0.6) is 0 Å². The first-order valence-electron chi connectivity index (χ1n) is 10.8. The van der Waals surface area contributed by atoms with Crippen molar-refractivity contribution in [1.29, 1.82) is 0 Å². The van der Waals surface area contributed by atoms with E-state index in [-0.39, 0.29) is 17.1 Å². The molecule has 0 unspecified atom stereocenters. The Morgan fingerprint density at radius 2 is 1.81 bits per heavy atom. The standard InChI is InChI=1S/C23H34O3/c1-15-12-23(25-10-11-26-23)13-17-4-5-18-19(22(15,17)3)7-9-21(2)8-6-16(14-24)20(18)21/h14,16-20H,1,4-13H2,2-3H3/t16-,17+,18-,19+,20+,21+,22+/m1/s1. The van der Waals surface area contributed by atoms with Crippen LogP contribution in [0.25, 0.3) is 0 Å². The molecule has 1 aliphatic heterocycles. The highest BCUT2D eigenvalue weighted by molar-refractivity contribution is 5.55. The second kappa shape index (κ2) is 5.67. The second-order valence-electron chi connectivity index (χ2n) is 10.5. The summed E-state index contributed by atoms with van der Waals surface area (Å²) in [5.41, 5.74) is 1.95. The van der Waals surface area contributed by atoms with Crippen LogP contribution in [-0.2, 0) is 14.3 Å². The molecule has 0 aromatic rings. The Labute approximate surface area is 157 Å². The van der Waals surface area contributed by atoms with E-state index in [1.807, 2.05) is 0 Å². The van der Waals surface area contributed by atoms with E-state index in [1.54, 1.807) is 0 Å². The minimum Gasteiger partial charge on any atom is -0.347 e. The molecule has 3 heteroatoms. The van der Waals surface area contributed by atoms with Gasteiger partial charge in [-0.25, -0.2) is 0 Å². The first kappa shape index (κ1) is 17.4. The molecule has 1 heterocycles. The zero-order valence-corrected chi connectivity index (χ0v) is 16.5. The first-order valence-corrected chi connectivity index (χ1v) is 10.8. The first-order chi connectivity index (χ1) is 12.4. The lowest BCUT2D eigenvalue weighted by molar-refractivity contribution is -0.209. The second-order valence-corrected chi connectivity index (χ2v) is 10.5. The Hall–Kier alpha value is -0.670. The molecule has 7 atom stereocenters. The number of rotatable bonds is 1. The Balaban J connectivity index is 1.48. The lowest BCUT2D eigenvalue weighted by Gasteiger charge is -2.62. The van der Waals surface area contributed by atoms with Gasteiger partial charge in [0.2, 0.25) is 0 Å². The summed E-state index contributed by atoms with van der Waals surface area (Å²) in [5, 5.41) is 0. The number of carbonyl (C=O) groups is 1. The fourth-order valence-corrected chi connectivity index (χ4v) is 8.25. The molecule has 0 radical (unpaired) electrons. The Kier molecular flexibility index (Phi) is 3.80. The molecular formula is C23H34O3. The zero-order chi connectivity index (χ0) is 18.2. The molecule has 1 spiro atoms. The van der Waals surface area contributed by atoms with Gasteiger partial charge < -0.3 is 14.3 Å². The van der Waals surface area contributed by atoms with Crippen LogP contribution in [0.3, 0.4) is 0 Å². The molecule has 5 aliphatic rings. The van der Waals surface area contributed by atoms with Crippen molar-refractivity contribution in [1.82, 2.24) is 0 Å². The van der Waals surface area contributed by atoms with Crippen molar-refractivity contribution in [3.63, 3.8) is 0 Å². The highest BCUT2D eigenvalue weighted by atomic mass is 16.7. The van der Waals surface area contributed by atoms with Crippen LogP contribution in [0.15, 0.2) is 12.2 Å². The third-order valence-corrected chi connectivity index (χ3v) is 9.58. The van der Waals surface area contributed by atoms with E-state index in [0.29, 0.717) is 29.1 Å². The number of hydrogen-bond donors (Lipinski definition) is 0. The van der Waals surface area contributed by atoms with Gasteiger partial charge in [-0.15, -0.1) is 0 Å². The number of hydrogen-bond acceptors (Lipinski definition) is 3. The van der Waals surface area contributed by atoms with E-state index in [1.165, 1.54) is 44.0 Å². The summed E-state index contributed by atoms with van der Waals surface area (Å²) < 4.78 is 12.1. The minimum absolute atomic E-state index is 0.195. The average molecular weight is 359 g/mol. The van der Waals surface area contributed by atoms with Crippen molar-refractivity contribution >= 4 is 6.29 Å². The molecule has 5 fully saturated rings. The normalized spacial score (nSPS) is 52.4. The summed E-state index contributed by atoms with van der Waals surface area (Å²) in [4.78, 5) is 11.8. The number of aldehydes is 1. The topological polar surface area (TPSA) is 35.5 Å². The van der Waals surface area contributed by atoms with Crippen molar-refractivity contribution in [2.45, 2.75) is 71.0 Å². The molecule has 0 aromatic heterocycles. The van der Waals surface area contributed by atoms with E-state index in [9.17, 15) is 4.79 Å². The van der Waals surface area contributed by atoms with E-state index < -0.39 is 0 Å². The molecule has 4 saturated carbocycles. The molecule has 0 aromatic carbocycles. The predicted octanol–water partition coefficient (Wildman–Crippen LogP) is 4.75. The fourth-order valence-electron chi connectivity index (χ4n) is 8.25. The summed E-state index contributed by atoms with van der Waals surface area (Å²) in [6.07, 6.45) is 10.7. The van der Waals surface area contributed by atoms with Crippen molar-refractivity contribution in [2.75, 3.05) is 13.2 Å². The summed E-state index contributed by atoms with van der Waals surface area (Å²) in [7, 11) is 0. The van der Waals surface area contributed by atoms with Gasteiger partial charge in [0.15, 0.2) is 5.79 Å². The minimum atomic E-state index is -0.379. The van der Waals surface area contributed by atoms with E-state index in [0.717, 1.165) is 32.5 Å². The summed E-state index contributed by atoms with van der Waals surface area (Å²) in [6, 6.07) is 0. The molecule has 0 N–H and O–H groups in total. The molecule has 0 amide bonds. The third-order valence-electron chi connectivity index (χ3n) is 9.58. The van der Waals surface area contributed by atoms with Crippen LogP contribution in [-0.4, -0.2) is 25.3 Å². The van der Waals surface area contributed by atoms with Gasteiger partial charge >= 0.3 is 0 Å². The Bertz CT molecular complexity index is 621.